The Morgan fingerprint density at radius 2 is 1.95 bits per heavy atom. The number of piperazine rings is 1. The average molecular weight is 277 g/mol. The molecule has 0 bridgehead atoms. The molecule has 0 radical (unpaired) electrons. The number of nitrogens with one attached hydrogen (secondary N) is 1. The van der Waals surface area contributed by atoms with E-state index in [-0.39, 0.29) is 0 Å². The summed E-state index contributed by atoms with van der Waals surface area (Å²) in [5.41, 5.74) is 1.02. The summed E-state index contributed by atoms with van der Waals surface area (Å²) in [6.07, 6.45) is 4.95. The van der Waals surface area contributed by atoms with Gasteiger partial charge in [-0.05, 0) is 19.9 Å². The Morgan fingerprint density at radius 3 is 2.60 bits per heavy atom. The van der Waals surface area contributed by atoms with Crippen LogP contribution in [0.1, 0.15) is 32.9 Å². The lowest BCUT2D eigenvalue weighted by Crippen LogP contribution is -2.49. The Hall–Kier alpha value is -1.20. The van der Waals surface area contributed by atoms with Crippen molar-refractivity contribution in [1.82, 2.24) is 20.2 Å². The zero-order valence-electron chi connectivity index (χ0n) is 13.0. The number of anilines is 1. The summed E-state index contributed by atoms with van der Waals surface area (Å²) in [6.45, 7) is 12.8. The van der Waals surface area contributed by atoms with Crippen molar-refractivity contribution in [3.63, 3.8) is 0 Å². The van der Waals surface area contributed by atoms with Crippen LogP contribution in [0.5, 0.6) is 0 Å². The van der Waals surface area contributed by atoms with Gasteiger partial charge in [0.2, 0.25) is 0 Å². The lowest BCUT2D eigenvalue weighted by atomic mass is 10.2. The van der Waals surface area contributed by atoms with Crippen LogP contribution in [-0.2, 0) is 6.54 Å². The first-order valence-electron chi connectivity index (χ1n) is 7.75. The van der Waals surface area contributed by atoms with Crippen molar-refractivity contribution in [1.29, 1.82) is 0 Å². The second-order valence-corrected chi connectivity index (χ2v) is 5.43. The van der Waals surface area contributed by atoms with E-state index in [1.165, 1.54) is 6.42 Å². The van der Waals surface area contributed by atoms with Crippen molar-refractivity contribution in [3.05, 3.63) is 18.1 Å². The molecule has 0 spiro atoms. The van der Waals surface area contributed by atoms with Crippen LogP contribution in [0.25, 0.3) is 0 Å². The van der Waals surface area contributed by atoms with E-state index in [0.29, 0.717) is 6.04 Å². The maximum absolute atomic E-state index is 4.71. The van der Waals surface area contributed by atoms with Gasteiger partial charge in [-0.1, -0.05) is 13.8 Å². The van der Waals surface area contributed by atoms with E-state index in [2.05, 4.69) is 40.9 Å². The Bertz CT molecular complexity index is 401. The Balaban J connectivity index is 1.93. The van der Waals surface area contributed by atoms with E-state index in [1.807, 2.05) is 12.4 Å². The minimum absolute atomic E-state index is 0.684. The van der Waals surface area contributed by atoms with Crippen molar-refractivity contribution in [3.8, 4) is 0 Å². The zero-order chi connectivity index (χ0) is 14.4. The monoisotopic (exact) mass is 277 g/mol. The molecule has 1 atom stereocenters. The fourth-order valence-electron chi connectivity index (χ4n) is 2.54. The van der Waals surface area contributed by atoms with Crippen molar-refractivity contribution >= 4 is 5.82 Å². The van der Waals surface area contributed by atoms with Crippen LogP contribution in [0, 0.1) is 0 Å². The Labute approximate surface area is 122 Å². The molecule has 2 rings (SSSR count). The molecule has 5 heteroatoms. The zero-order valence-corrected chi connectivity index (χ0v) is 13.0. The van der Waals surface area contributed by atoms with E-state index in [9.17, 15) is 0 Å². The minimum Gasteiger partial charge on any atom is -0.353 e. The molecule has 0 aromatic carbocycles. The highest BCUT2D eigenvalue weighted by Crippen LogP contribution is 2.15. The average Bonchev–Trinajstić information content (AvgIpc) is 2.52. The van der Waals surface area contributed by atoms with E-state index in [4.69, 9.17) is 4.98 Å². The molecule has 1 aliphatic rings. The fourth-order valence-corrected chi connectivity index (χ4v) is 2.54. The molecule has 0 aliphatic carbocycles. The molecule has 5 nitrogen and oxygen atoms in total. The summed E-state index contributed by atoms with van der Waals surface area (Å²) in [5.74, 6) is 1.02. The Morgan fingerprint density at radius 1 is 1.20 bits per heavy atom. The minimum atomic E-state index is 0.684. The number of hydrogen-bond donors (Lipinski definition) is 1. The lowest BCUT2D eigenvalue weighted by molar-refractivity contribution is 0.192. The second kappa shape index (κ2) is 7.55. The number of aromatic nitrogens is 2. The predicted molar refractivity (Wildman–Crippen MR) is 83.0 cm³/mol. The van der Waals surface area contributed by atoms with Crippen molar-refractivity contribution in [2.45, 2.75) is 39.8 Å². The van der Waals surface area contributed by atoms with Gasteiger partial charge >= 0.3 is 0 Å². The highest BCUT2D eigenvalue weighted by Gasteiger charge is 2.21. The first kappa shape index (κ1) is 15.2. The largest absolute Gasteiger partial charge is 0.353 e. The molecule has 1 fully saturated rings. The number of hydrogen-bond acceptors (Lipinski definition) is 5. The molecular weight excluding hydrogens is 250 g/mol. The maximum atomic E-state index is 4.71. The van der Waals surface area contributed by atoms with Gasteiger partial charge < -0.3 is 10.2 Å². The van der Waals surface area contributed by atoms with Gasteiger partial charge in [0.05, 0.1) is 11.9 Å². The molecule has 0 saturated carbocycles. The lowest BCUT2D eigenvalue weighted by Gasteiger charge is -2.38. The SMILES string of the molecule is CCNCc1cncc(N2CCN(C(C)CC)CC2)n1. The molecule has 1 aliphatic heterocycles. The first-order valence-corrected chi connectivity index (χ1v) is 7.75. The number of nitrogens with zero attached hydrogens (tertiary/aromatic N) is 4. The third-order valence-corrected chi connectivity index (χ3v) is 4.08. The van der Waals surface area contributed by atoms with Crippen molar-refractivity contribution in [2.24, 2.45) is 0 Å². The van der Waals surface area contributed by atoms with Gasteiger partial charge in [0.1, 0.15) is 5.82 Å². The van der Waals surface area contributed by atoms with Gasteiger partial charge in [0.15, 0.2) is 0 Å². The van der Waals surface area contributed by atoms with E-state index < -0.39 is 0 Å². The highest BCUT2D eigenvalue weighted by atomic mass is 15.3. The third kappa shape index (κ3) is 3.90. The van der Waals surface area contributed by atoms with E-state index in [1.54, 1.807) is 0 Å². The summed E-state index contributed by atoms with van der Waals surface area (Å²) in [5, 5.41) is 3.30. The van der Waals surface area contributed by atoms with Gasteiger partial charge in [0, 0.05) is 45.0 Å². The number of rotatable bonds is 6. The predicted octanol–water partition coefficient (Wildman–Crippen LogP) is 1.51. The highest BCUT2D eigenvalue weighted by molar-refractivity contribution is 5.37. The molecule has 1 unspecified atom stereocenters. The molecule has 1 N–H and O–H groups in total. The normalized spacial score (nSPS) is 18.2. The molecule has 1 aromatic rings. The van der Waals surface area contributed by atoms with Crippen LogP contribution in [-0.4, -0.2) is 53.6 Å². The molecule has 1 saturated heterocycles. The van der Waals surface area contributed by atoms with E-state index in [0.717, 1.165) is 50.8 Å². The summed E-state index contributed by atoms with van der Waals surface area (Å²) < 4.78 is 0. The first-order chi connectivity index (χ1) is 9.74. The summed E-state index contributed by atoms with van der Waals surface area (Å²) in [7, 11) is 0. The van der Waals surface area contributed by atoms with Crippen LogP contribution in [0.15, 0.2) is 12.4 Å². The maximum Gasteiger partial charge on any atom is 0.147 e. The topological polar surface area (TPSA) is 44.3 Å². The molecule has 112 valence electrons. The summed E-state index contributed by atoms with van der Waals surface area (Å²) in [6, 6.07) is 0.684. The quantitative estimate of drug-likeness (QED) is 0.854. The Kier molecular flexibility index (Phi) is 5.73. The van der Waals surface area contributed by atoms with Gasteiger partial charge in [-0.2, -0.15) is 0 Å². The van der Waals surface area contributed by atoms with Gasteiger partial charge in [0.25, 0.3) is 0 Å². The van der Waals surface area contributed by atoms with Crippen LogP contribution in [0.4, 0.5) is 5.82 Å². The molecule has 20 heavy (non-hydrogen) atoms. The molecule has 2 heterocycles. The van der Waals surface area contributed by atoms with Gasteiger partial charge in [-0.25, -0.2) is 4.98 Å². The summed E-state index contributed by atoms with van der Waals surface area (Å²) >= 11 is 0. The molecule has 1 aromatic heterocycles. The third-order valence-electron chi connectivity index (χ3n) is 4.08. The van der Waals surface area contributed by atoms with Crippen molar-refractivity contribution < 1.29 is 0 Å². The second-order valence-electron chi connectivity index (χ2n) is 5.43. The van der Waals surface area contributed by atoms with Crippen LogP contribution in [0.3, 0.4) is 0 Å². The molecular formula is C15H27N5. The van der Waals surface area contributed by atoms with Crippen molar-refractivity contribution in [2.75, 3.05) is 37.6 Å². The summed E-state index contributed by atoms with van der Waals surface area (Å²) in [4.78, 5) is 13.9. The fraction of sp³-hybridized carbons (Fsp3) is 0.733. The standard InChI is InChI=1S/C15H27N5/c1-4-13(3)19-6-8-20(9-7-19)15-12-17-11-14(18-15)10-16-5-2/h11-13,16H,4-10H2,1-3H3. The van der Waals surface area contributed by atoms with Gasteiger partial charge in [-0.3, -0.25) is 9.88 Å². The van der Waals surface area contributed by atoms with E-state index >= 15 is 0 Å². The van der Waals surface area contributed by atoms with Crippen LogP contribution < -0.4 is 10.2 Å². The van der Waals surface area contributed by atoms with Gasteiger partial charge in [-0.15, -0.1) is 0 Å². The smallest absolute Gasteiger partial charge is 0.147 e. The van der Waals surface area contributed by atoms with Crippen LogP contribution >= 0.6 is 0 Å². The molecule has 0 amide bonds. The van der Waals surface area contributed by atoms with Crippen LogP contribution in [0.2, 0.25) is 0 Å².